The maximum Gasteiger partial charge on any atom is 0.335 e. The summed E-state index contributed by atoms with van der Waals surface area (Å²) in [6.45, 7) is 2.60. The quantitative estimate of drug-likeness (QED) is 0.851. The molecular formula is C13H16N2O4. The summed E-state index contributed by atoms with van der Waals surface area (Å²) in [6.07, 6.45) is 0. The minimum atomic E-state index is -0.971. The number of ether oxygens (including phenoxy) is 1. The molecule has 1 saturated heterocycles. The number of carboxylic acid groups (broad SMARTS) is 1. The van der Waals surface area contributed by atoms with Gasteiger partial charge in [-0.25, -0.2) is 9.59 Å². The Morgan fingerprint density at radius 3 is 2.74 bits per heavy atom. The summed E-state index contributed by atoms with van der Waals surface area (Å²) >= 11 is 0. The molecule has 6 nitrogen and oxygen atoms in total. The minimum Gasteiger partial charge on any atom is -0.478 e. The highest BCUT2D eigenvalue weighted by molar-refractivity contribution is 5.87. The number of amides is 2. The topological polar surface area (TPSA) is 78.9 Å². The molecule has 6 heteroatoms. The van der Waals surface area contributed by atoms with E-state index in [0.29, 0.717) is 32.8 Å². The third-order valence-corrected chi connectivity index (χ3v) is 2.92. The molecule has 0 aromatic heterocycles. The summed E-state index contributed by atoms with van der Waals surface area (Å²) in [7, 11) is 0. The fourth-order valence-electron chi connectivity index (χ4n) is 1.87. The van der Waals surface area contributed by atoms with Crippen molar-refractivity contribution < 1.29 is 19.4 Å². The number of nitrogens with zero attached hydrogens (tertiary/aromatic N) is 1. The van der Waals surface area contributed by atoms with Gasteiger partial charge in [0.05, 0.1) is 18.8 Å². The second-order valence-electron chi connectivity index (χ2n) is 4.26. The number of carbonyl (C=O) groups is 2. The summed E-state index contributed by atoms with van der Waals surface area (Å²) in [5.74, 6) is -0.971. The van der Waals surface area contributed by atoms with Crippen LogP contribution in [0.4, 0.5) is 4.79 Å². The largest absolute Gasteiger partial charge is 0.478 e. The van der Waals surface area contributed by atoms with E-state index in [1.807, 2.05) is 0 Å². The number of carboxylic acids is 1. The molecule has 102 valence electrons. The summed E-state index contributed by atoms with van der Waals surface area (Å²) in [5.41, 5.74) is 0.986. The van der Waals surface area contributed by atoms with Crippen molar-refractivity contribution in [2.24, 2.45) is 0 Å². The van der Waals surface area contributed by atoms with E-state index in [0.717, 1.165) is 5.56 Å². The van der Waals surface area contributed by atoms with Crippen LogP contribution >= 0.6 is 0 Å². The van der Waals surface area contributed by atoms with Crippen molar-refractivity contribution in [2.45, 2.75) is 6.54 Å². The number of hydrogen-bond acceptors (Lipinski definition) is 3. The number of morpholine rings is 1. The molecule has 0 aliphatic carbocycles. The summed E-state index contributed by atoms with van der Waals surface area (Å²) in [5, 5.41) is 11.7. The van der Waals surface area contributed by atoms with Gasteiger partial charge in [0, 0.05) is 19.6 Å². The first-order valence-corrected chi connectivity index (χ1v) is 6.09. The molecule has 1 aromatic rings. The Labute approximate surface area is 111 Å². The number of hydrogen-bond donors (Lipinski definition) is 2. The Hall–Kier alpha value is -2.08. The van der Waals surface area contributed by atoms with E-state index in [1.54, 1.807) is 23.1 Å². The molecule has 0 radical (unpaired) electrons. The molecule has 1 aliphatic rings. The lowest BCUT2D eigenvalue weighted by Gasteiger charge is -2.26. The first-order chi connectivity index (χ1) is 9.16. The molecule has 1 aliphatic heterocycles. The van der Waals surface area contributed by atoms with Crippen molar-refractivity contribution >= 4 is 12.0 Å². The molecule has 1 fully saturated rings. The Morgan fingerprint density at radius 1 is 1.32 bits per heavy atom. The third-order valence-electron chi connectivity index (χ3n) is 2.92. The highest BCUT2D eigenvalue weighted by Gasteiger charge is 2.16. The molecule has 0 atom stereocenters. The van der Waals surface area contributed by atoms with Gasteiger partial charge >= 0.3 is 12.0 Å². The standard InChI is InChI=1S/C13H16N2O4/c16-12(17)11-3-1-2-10(8-11)9-14-13(18)15-4-6-19-7-5-15/h1-3,8H,4-7,9H2,(H,14,18)(H,16,17). The zero-order valence-corrected chi connectivity index (χ0v) is 10.5. The van der Waals surface area contributed by atoms with Crippen LogP contribution in [0.5, 0.6) is 0 Å². The van der Waals surface area contributed by atoms with Crippen LogP contribution in [0.1, 0.15) is 15.9 Å². The van der Waals surface area contributed by atoms with Crippen LogP contribution in [-0.4, -0.2) is 48.3 Å². The molecule has 2 rings (SSSR count). The van der Waals surface area contributed by atoms with Gasteiger partial charge in [0.1, 0.15) is 0 Å². The Balaban J connectivity index is 1.89. The van der Waals surface area contributed by atoms with E-state index >= 15 is 0 Å². The normalized spacial score (nSPS) is 15.1. The van der Waals surface area contributed by atoms with E-state index in [-0.39, 0.29) is 11.6 Å². The number of aromatic carboxylic acids is 1. The van der Waals surface area contributed by atoms with E-state index in [4.69, 9.17) is 9.84 Å². The fraction of sp³-hybridized carbons (Fsp3) is 0.385. The SMILES string of the molecule is O=C(O)c1cccc(CNC(=O)N2CCOCC2)c1. The van der Waals surface area contributed by atoms with Crippen molar-refractivity contribution in [3.63, 3.8) is 0 Å². The van der Waals surface area contributed by atoms with E-state index in [9.17, 15) is 9.59 Å². The minimum absolute atomic E-state index is 0.149. The molecule has 0 saturated carbocycles. The van der Waals surface area contributed by atoms with Gasteiger partial charge in [0.15, 0.2) is 0 Å². The molecule has 0 spiro atoms. The van der Waals surface area contributed by atoms with Gasteiger partial charge in [-0.05, 0) is 17.7 Å². The second-order valence-corrected chi connectivity index (χ2v) is 4.26. The lowest BCUT2D eigenvalue weighted by atomic mass is 10.1. The lowest BCUT2D eigenvalue weighted by molar-refractivity contribution is 0.0531. The lowest BCUT2D eigenvalue weighted by Crippen LogP contribution is -2.45. The highest BCUT2D eigenvalue weighted by Crippen LogP contribution is 2.05. The van der Waals surface area contributed by atoms with Crippen LogP contribution in [0.3, 0.4) is 0 Å². The average molecular weight is 264 g/mol. The molecule has 1 aromatic carbocycles. The first kappa shape index (κ1) is 13.4. The van der Waals surface area contributed by atoms with Crippen molar-refractivity contribution in [1.29, 1.82) is 0 Å². The predicted octanol–water partition coefficient (Wildman–Crippen LogP) is 0.927. The molecule has 2 amide bonds. The average Bonchev–Trinajstić information content (AvgIpc) is 2.46. The van der Waals surface area contributed by atoms with E-state index < -0.39 is 5.97 Å². The maximum absolute atomic E-state index is 11.8. The Bertz CT molecular complexity index is 469. The molecule has 1 heterocycles. The van der Waals surface area contributed by atoms with Crippen LogP contribution in [-0.2, 0) is 11.3 Å². The van der Waals surface area contributed by atoms with Crippen molar-refractivity contribution in [1.82, 2.24) is 10.2 Å². The molecule has 19 heavy (non-hydrogen) atoms. The number of nitrogens with one attached hydrogen (secondary N) is 1. The number of carbonyl (C=O) groups excluding carboxylic acids is 1. The van der Waals surface area contributed by atoms with Gasteiger partial charge in [0.2, 0.25) is 0 Å². The summed E-state index contributed by atoms with van der Waals surface area (Å²) < 4.78 is 5.17. The van der Waals surface area contributed by atoms with Crippen molar-refractivity contribution in [3.8, 4) is 0 Å². The van der Waals surface area contributed by atoms with Gasteiger partial charge in [-0.2, -0.15) is 0 Å². The van der Waals surface area contributed by atoms with E-state index in [1.165, 1.54) is 6.07 Å². The van der Waals surface area contributed by atoms with Crippen LogP contribution < -0.4 is 5.32 Å². The number of benzene rings is 1. The Kier molecular flexibility index (Phi) is 4.35. The smallest absolute Gasteiger partial charge is 0.335 e. The molecule has 2 N–H and O–H groups in total. The van der Waals surface area contributed by atoms with Gasteiger partial charge in [-0.1, -0.05) is 12.1 Å². The maximum atomic E-state index is 11.8. The summed E-state index contributed by atoms with van der Waals surface area (Å²) in [6, 6.07) is 6.38. The fourth-order valence-corrected chi connectivity index (χ4v) is 1.87. The van der Waals surface area contributed by atoms with Crippen LogP contribution in [0.15, 0.2) is 24.3 Å². The molecule has 0 bridgehead atoms. The van der Waals surface area contributed by atoms with Gasteiger partial charge < -0.3 is 20.1 Å². The zero-order chi connectivity index (χ0) is 13.7. The third kappa shape index (κ3) is 3.69. The molecule has 0 unspecified atom stereocenters. The zero-order valence-electron chi connectivity index (χ0n) is 10.5. The number of urea groups is 1. The highest BCUT2D eigenvalue weighted by atomic mass is 16.5. The van der Waals surface area contributed by atoms with Crippen LogP contribution in [0.2, 0.25) is 0 Å². The van der Waals surface area contributed by atoms with Crippen molar-refractivity contribution in [2.75, 3.05) is 26.3 Å². The van der Waals surface area contributed by atoms with Gasteiger partial charge in [-0.15, -0.1) is 0 Å². The van der Waals surface area contributed by atoms with Gasteiger partial charge in [-0.3, -0.25) is 0 Å². The molecular weight excluding hydrogens is 248 g/mol. The predicted molar refractivity (Wildman–Crippen MR) is 68.0 cm³/mol. The first-order valence-electron chi connectivity index (χ1n) is 6.09. The number of rotatable bonds is 3. The van der Waals surface area contributed by atoms with Crippen LogP contribution in [0, 0.1) is 0 Å². The van der Waals surface area contributed by atoms with Gasteiger partial charge in [0.25, 0.3) is 0 Å². The van der Waals surface area contributed by atoms with E-state index in [2.05, 4.69) is 5.32 Å². The Morgan fingerprint density at radius 2 is 2.05 bits per heavy atom. The monoisotopic (exact) mass is 264 g/mol. The van der Waals surface area contributed by atoms with Crippen LogP contribution in [0.25, 0.3) is 0 Å². The summed E-state index contributed by atoms with van der Waals surface area (Å²) in [4.78, 5) is 24.3. The van der Waals surface area contributed by atoms with Crippen molar-refractivity contribution in [3.05, 3.63) is 35.4 Å². The second kappa shape index (κ2) is 6.19.